The number of hydrogen-bond donors (Lipinski definition) is 1. The van der Waals surface area contributed by atoms with E-state index in [0.717, 1.165) is 11.4 Å². The van der Waals surface area contributed by atoms with Crippen molar-refractivity contribution in [1.82, 2.24) is 9.55 Å². The second-order valence-corrected chi connectivity index (χ2v) is 4.34. The van der Waals surface area contributed by atoms with Gasteiger partial charge in [0.15, 0.2) is 11.5 Å². The number of nitrogens with zero attached hydrogens (tertiary/aromatic N) is 2. The first kappa shape index (κ1) is 13.4. The van der Waals surface area contributed by atoms with Crippen molar-refractivity contribution < 1.29 is 9.47 Å². The normalized spacial score (nSPS) is 12.2. The zero-order chi connectivity index (χ0) is 13.8. The molecule has 0 bridgehead atoms. The second-order valence-electron chi connectivity index (χ2n) is 4.34. The quantitative estimate of drug-likeness (QED) is 0.893. The molecule has 0 fully saturated rings. The number of pyridine rings is 1. The van der Waals surface area contributed by atoms with Crippen LogP contribution in [-0.4, -0.2) is 23.8 Å². The van der Waals surface area contributed by atoms with Crippen LogP contribution in [0.15, 0.2) is 30.6 Å². The fourth-order valence-corrected chi connectivity index (χ4v) is 2.11. The Morgan fingerprint density at radius 2 is 2.11 bits per heavy atom. The van der Waals surface area contributed by atoms with E-state index in [2.05, 4.69) is 9.55 Å². The number of aromatic nitrogens is 2. The zero-order valence-corrected chi connectivity index (χ0v) is 11.5. The molecule has 0 aliphatic rings. The minimum atomic E-state index is -0.0217. The van der Waals surface area contributed by atoms with Crippen molar-refractivity contribution in [1.29, 1.82) is 0 Å². The Hall–Kier alpha value is -2.01. The first-order chi connectivity index (χ1) is 9.17. The van der Waals surface area contributed by atoms with Crippen LogP contribution in [-0.2, 0) is 6.54 Å². The molecule has 5 nitrogen and oxygen atoms in total. The van der Waals surface area contributed by atoms with Crippen LogP contribution in [0.25, 0.3) is 0 Å². The first-order valence-electron chi connectivity index (χ1n) is 6.13. The van der Waals surface area contributed by atoms with Crippen molar-refractivity contribution >= 4 is 0 Å². The van der Waals surface area contributed by atoms with E-state index < -0.39 is 0 Å². The van der Waals surface area contributed by atoms with Crippen LogP contribution in [0.3, 0.4) is 0 Å². The highest BCUT2D eigenvalue weighted by Gasteiger charge is 2.13. The number of methoxy groups -OCH3 is 2. The smallest absolute Gasteiger partial charge is 0.184 e. The minimum absolute atomic E-state index is 0.0217. The van der Waals surface area contributed by atoms with Gasteiger partial charge in [-0.25, -0.2) is 0 Å². The average Bonchev–Trinajstić information content (AvgIpc) is 2.86. The van der Waals surface area contributed by atoms with Crippen molar-refractivity contribution in [3.63, 3.8) is 0 Å². The molecule has 0 radical (unpaired) electrons. The fourth-order valence-electron chi connectivity index (χ4n) is 2.11. The molecular formula is C14H19N3O2. The molecule has 0 spiro atoms. The largest absolute Gasteiger partial charge is 0.493 e. The summed E-state index contributed by atoms with van der Waals surface area (Å²) in [5.74, 6) is 1.34. The molecule has 2 aromatic rings. The van der Waals surface area contributed by atoms with E-state index in [1.807, 2.05) is 25.3 Å². The maximum atomic E-state index is 5.94. The van der Waals surface area contributed by atoms with Crippen LogP contribution >= 0.6 is 0 Å². The summed E-state index contributed by atoms with van der Waals surface area (Å²) >= 11 is 0. The Bertz CT molecular complexity index is 549. The van der Waals surface area contributed by atoms with E-state index in [0.29, 0.717) is 18.0 Å². The molecule has 0 amide bonds. The summed E-state index contributed by atoms with van der Waals surface area (Å²) in [5, 5.41) is 0. The Labute approximate surface area is 113 Å². The zero-order valence-electron chi connectivity index (χ0n) is 11.5. The number of nitrogens with two attached hydrogens (primary N) is 1. The van der Waals surface area contributed by atoms with Gasteiger partial charge in [0.05, 0.1) is 20.8 Å². The molecule has 1 unspecified atom stereocenters. The predicted octanol–water partition coefficient (Wildman–Crippen LogP) is 1.97. The standard InChI is InChI=1S/C14H19N3O2/c1-10(15)12-5-4-8-17(12)9-11-14(19-3)13(18-2)6-7-16-11/h4-8,10H,9,15H2,1-3H3. The van der Waals surface area contributed by atoms with Gasteiger partial charge in [-0.1, -0.05) is 0 Å². The van der Waals surface area contributed by atoms with E-state index >= 15 is 0 Å². The third-order valence-electron chi connectivity index (χ3n) is 3.02. The molecule has 19 heavy (non-hydrogen) atoms. The lowest BCUT2D eigenvalue weighted by Crippen LogP contribution is -2.13. The Kier molecular flexibility index (Phi) is 4.06. The average molecular weight is 261 g/mol. The van der Waals surface area contributed by atoms with E-state index in [4.69, 9.17) is 15.2 Å². The van der Waals surface area contributed by atoms with Crippen molar-refractivity contribution in [3.8, 4) is 11.5 Å². The van der Waals surface area contributed by atoms with Crippen LogP contribution in [0, 0.1) is 0 Å². The lowest BCUT2D eigenvalue weighted by molar-refractivity contribution is 0.348. The van der Waals surface area contributed by atoms with Gasteiger partial charge in [0.1, 0.15) is 5.69 Å². The molecule has 0 saturated carbocycles. The van der Waals surface area contributed by atoms with Crippen molar-refractivity contribution in [2.75, 3.05) is 14.2 Å². The number of rotatable bonds is 5. The topological polar surface area (TPSA) is 62.3 Å². The monoisotopic (exact) mass is 261 g/mol. The highest BCUT2D eigenvalue weighted by atomic mass is 16.5. The molecule has 5 heteroatoms. The van der Waals surface area contributed by atoms with Crippen LogP contribution in [0.2, 0.25) is 0 Å². The van der Waals surface area contributed by atoms with Gasteiger partial charge in [-0.15, -0.1) is 0 Å². The molecule has 2 aromatic heterocycles. The van der Waals surface area contributed by atoms with Gasteiger partial charge in [0.2, 0.25) is 0 Å². The van der Waals surface area contributed by atoms with Gasteiger partial charge in [0, 0.05) is 30.2 Å². The molecular weight excluding hydrogens is 242 g/mol. The number of ether oxygens (including phenoxy) is 2. The van der Waals surface area contributed by atoms with Gasteiger partial charge >= 0.3 is 0 Å². The Morgan fingerprint density at radius 3 is 2.74 bits per heavy atom. The Morgan fingerprint density at radius 1 is 1.32 bits per heavy atom. The van der Waals surface area contributed by atoms with Crippen molar-refractivity contribution in [2.24, 2.45) is 5.73 Å². The van der Waals surface area contributed by atoms with Crippen molar-refractivity contribution in [3.05, 3.63) is 42.0 Å². The van der Waals surface area contributed by atoms with Gasteiger partial charge in [-0.2, -0.15) is 0 Å². The first-order valence-corrected chi connectivity index (χ1v) is 6.13. The Balaban J connectivity index is 2.35. The molecule has 0 aromatic carbocycles. The van der Waals surface area contributed by atoms with E-state index in [1.54, 1.807) is 26.5 Å². The maximum Gasteiger partial charge on any atom is 0.184 e. The lowest BCUT2D eigenvalue weighted by Gasteiger charge is -2.15. The summed E-state index contributed by atoms with van der Waals surface area (Å²) in [4.78, 5) is 4.37. The van der Waals surface area contributed by atoms with Gasteiger partial charge in [0.25, 0.3) is 0 Å². The second kappa shape index (κ2) is 5.75. The van der Waals surface area contributed by atoms with Crippen LogP contribution in [0.1, 0.15) is 24.4 Å². The van der Waals surface area contributed by atoms with Crippen LogP contribution in [0.5, 0.6) is 11.5 Å². The highest BCUT2D eigenvalue weighted by molar-refractivity contribution is 5.42. The lowest BCUT2D eigenvalue weighted by atomic mass is 10.2. The molecule has 2 N–H and O–H groups in total. The van der Waals surface area contributed by atoms with Crippen LogP contribution < -0.4 is 15.2 Å². The highest BCUT2D eigenvalue weighted by Crippen LogP contribution is 2.29. The molecule has 2 rings (SSSR count). The molecule has 0 aliphatic heterocycles. The summed E-state index contributed by atoms with van der Waals surface area (Å²) in [6.45, 7) is 2.56. The maximum absolute atomic E-state index is 5.94. The van der Waals surface area contributed by atoms with Gasteiger partial charge in [-0.05, 0) is 19.1 Å². The summed E-state index contributed by atoms with van der Waals surface area (Å²) in [6, 6.07) is 5.75. The minimum Gasteiger partial charge on any atom is -0.493 e. The van der Waals surface area contributed by atoms with E-state index in [-0.39, 0.29) is 6.04 Å². The molecule has 0 saturated heterocycles. The third-order valence-corrected chi connectivity index (χ3v) is 3.02. The van der Waals surface area contributed by atoms with E-state index in [1.165, 1.54) is 0 Å². The fraction of sp³-hybridized carbons (Fsp3) is 0.357. The summed E-state index contributed by atoms with van der Waals surface area (Å²) in [6.07, 6.45) is 3.70. The van der Waals surface area contributed by atoms with Gasteiger partial charge < -0.3 is 19.8 Å². The van der Waals surface area contributed by atoms with Crippen molar-refractivity contribution in [2.45, 2.75) is 19.5 Å². The summed E-state index contributed by atoms with van der Waals surface area (Å²) in [5.41, 5.74) is 7.82. The predicted molar refractivity (Wildman–Crippen MR) is 73.5 cm³/mol. The van der Waals surface area contributed by atoms with E-state index in [9.17, 15) is 0 Å². The molecule has 0 aliphatic carbocycles. The molecule has 2 heterocycles. The molecule has 1 atom stereocenters. The van der Waals surface area contributed by atoms with Crippen LogP contribution in [0.4, 0.5) is 0 Å². The summed E-state index contributed by atoms with van der Waals surface area (Å²) in [7, 11) is 3.23. The SMILES string of the molecule is COc1ccnc(Cn2cccc2C(C)N)c1OC. The summed E-state index contributed by atoms with van der Waals surface area (Å²) < 4.78 is 12.7. The number of hydrogen-bond acceptors (Lipinski definition) is 4. The third kappa shape index (κ3) is 2.71. The van der Waals surface area contributed by atoms with Gasteiger partial charge in [-0.3, -0.25) is 4.98 Å². The molecule has 102 valence electrons.